The van der Waals surface area contributed by atoms with E-state index in [2.05, 4.69) is 5.32 Å². The molecule has 1 aliphatic rings. The van der Waals surface area contributed by atoms with Crippen LogP contribution in [0.15, 0.2) is 65.9 Å². The Morgan fingerprint density at radius 1 is 1.03 bits per heavy atom. The number of allylic oxidation sites excluding steroid dienone is 1. The second-order valence-electron chi connectivity index (χ2n) is 6.93. The Kier molecular flexibility index (Phi) is 6.51. The van der Waals surface area contributed by atoms with Gasteiger partial charge in [0.05, 0.1) is 30.9 Å². The number of rotatable bonds is 6. The molecular weight excluding hydrogens is 384 g/mol. The van der Waals surface area contributed by atoms with Gasteiger partial charge in [0.1, 0.15) is 0 Å². The van der Waals surface area contributed by atoms with Gasteiger partial charge in [-0.1, -0.05) is 42.5 Å². The molecule has 7 nitrogen and oxygen atoms in total. The van der Waals surface area contributed by atoms with E-state index in [0.29, 0.717) is 28.8 Å². The Morgan fingerprint density at radius 2 is 1.70 bits per heavy atom. The number of carbonyl (C=O) groups excluding carboxylic acids is 3. The second-order valence-corrected chi connectivity index (χ2v) is 6.93. The Labute approximate surface area is 175 Å². The largest absolute Gasteiger partial charge is 0.465 e. The summed E-state index contributed by atoms with van der Waals surface area (Å²) in [6.45, 7) is 1.94. The van der Waals surface area contributed by atoms with Gasteiger partial charge in [-0.05, 0) is 30.2 Å². The van der Waals surface area contributed by atoms with Crippen LogP contribution in [0.2, 0.25) is 0 Å². The number of urea groups is 1. The van der Waals surface area contributed by atoms with E-state index in [-0.39, 0.29) is 12.6 Å². The summed E-state index contributed by atoms with van der Waals surface area (Å²) >= 11 is 0. The molecule has 0 radical (unpaired) electrons. The molecule has 156 valence electrons. The number of methoxy groups -OCH3 is 1. The van der Waals surface area contributed by atoms with Crippen molar-refractivity contribution in [3.63, 3.8) is 0 Å². The Hall–Kier alpha value is -3.61. The number of carbonyl (C=O) groups is 3. The second kappa shape index (κ2) is 9.26. The molecule has 30 heavy (non-hydrogen) atoms. The van der Waals surface area contributed by atoms with Gasteiger partial charge in [-0.15, -0.1) is 0 Å². The first-order valence-electron chi connectivity index (χ1n) is 9.56. The number of amides is 2. The van der Waals surface area contributed by atoms with Gasteiger partial charge in [0.2, 0.25) is 0 Å². The van der Waals surface area contributed by atoms with Crippen LogP contribution in [-0.4, -0.2) is 43.6 Å². The summed E-state index contributed by atoms with van der Waals surface area (Å²) in [4.78, 5) is 38.3. The summed E-state index contributed by atoms with van der Waals surface area (Å²) in [7, 11) is 2.90. The summed E-state index contributed by atoms with van der Waals surface area (Å²) < 4.78 is 10.2. The number of hydrogen-bond donors (Lipinski definition) is 1. The topological polar surface area (TPSA) is 84.9 Å². The minimum atomic E-state index is -0.676. The Bertz CT molecular complexity index is 967. The van der Waals surface area contributed by atoms with Crippen molar-refractivity contribution in [2.24, 2.45) is 0 Å². The molecule has 1 unspecified atom stereocenters. The zero-order valence-electron chi connectivity index (χ0n) is 17.2. The minimum absolute atomic E-state index is 0.227. The third-order valence-corrected chi connectivity index (χ3v) is 5.11. The van der Waals surface area contributed by atoms with Crippen LogP contribution in [0.3, 0.4) is 0 Å². The molecule has 1 atom stereocenters. The highest BCUT2D eigenvalue weighted by Crippen LogP contribution is 2.31. The fourth-order valence-electron chi connectivity index (χ4n) is 3.26. The van der Waals surface area contributed by atoms with Crippen LogP contribution in [0.1, 0.15) is 34.5 Å². The molecule has 1 heterocycles. The van der Waals surface area contributed by atoms with Crippen molar-refractivity contribution in [2.75, 3.05) is 20.8 Å². The van der Waals surface area contributed by atoms with Gasteiger partial charge in [-0.2, -0.15) is 0 Å². The molecule has 2 aromatic carbocycles. The van der Waals surface area contributed by atoms with Crippen LogP contribution in [0.5, 0.6) is 0 Å². The van der Waals surface area contributed by atoms with Crippen LogP contribution in [0.25, 0.3) is 0 Å². The Morgan fingerprint density at radius 3 is 2.33 bits per heavy atom. The van der Waals surface area contributed by atoms with Crippen LogP contribution >= 0.6 is 0 Å². The van der Waals surface area contributed by atoms with E-state index in [0.717, 1.165) is 5.56 Å². The molecule has 1 aliphatic heterocycles. The lowest BCUT2D eigenvalue weighted by Gasteiger charge is -2.33. The molecule has 7 heteroatoms. The molecule has 0 bridgehead atoms. The molecule has 0 aliphatic carbocycles. The highest BCUT2D eigenvalue weighted by molar-refractivity contribution is 5.95. The first kappa shape index (κ1) is 21.1. The SMILES string of the molecule is COC(=O)c1ccc(C2NC(=O)N(C)C(C)=C2C(=O)OCCc2ccccc2)cc1. The van der Waals surface area contributed by atoms with E-state index in [9.17, 15) is 14.4 Å². The summed E-state index contributed by atoms with van der Waals surface area (Å²) in [6.07, 6.45) is 0.597. The van der Waals surface area contributed by atoms with Gasteiger partial charge in [0, 0.05) is 19.2 Å². The fraction of sp³-hybridized carbons (Fsp3) is 0.261. The summed E-state index contributed by atoms with van der Waals surface area (Å²) in [5.41, 5.74) is 2.99. The van der Waals surface area contributed by atoms with E-state index < -0.39 is 18.0 Å². The number of hydrogen-bond acceptors (Lipinski definition) is 5. The monoisotopic (exact) mass is 408 g/mol. The van der Waals surface area contributed by atoms with Gasteiger partial charge >= 0.3 is 18.0 Å². The van der Waals surface area contributed by atoms with E-state index in [4.69, 9.17) is 9.47 Å². The van der Waals surface area contributed by atoms with Crippen molar-refractivity contribution < 1.29 is 23.9 Å². The maximum atomic E-state index is 12.9. The molecule has 0 saturated carbocycles. The molecule has 2 aromatic rings. The predicted molar refractivity (Wildman–Crippen MR) is 111 cm³/mol. The quantitative estimate of drug-likeness (QED) is 0.742. The normalized spacial score (nSPS) is 16.2. The molecule has 2 amide bonds. The van der Waals surface area contributed by atoms with Crippen molar-refractivity contribution >= 4 is 18.0 Å². The number of ether oxygens (including phenoxy) is 2. The number of benzene rings is 2. The van der Waals surface area contributed by atoms with Gasteiger partial charge < -0.3 is 19.7 Å². The van der Waals surface area contributed by atoms with Crippen molar-refractivity contribution in [3.05, 3.63) is 82.6 Å². The van der Waals surface area contributed by atoms with Gasteiger partial charge in [-0.25, -0.2) is 14.4 Å². The summed E-state index contributed by atoms with van der Waals surface area (Å²) in [6, 6.07) is 15.3. The van der Waals surface area contributed by atoms with Crippen molar-refractivity contribution in [1.82, 2.24) is 10.2 Å². The lowest BCUT2D eigenvalue weighted by atomic mass is 9.94. The van der Waals surface area contributed by atoms with Crippen LogP contribution in [0.4, 0.5) is 4.79 Å². The van der Waals surface area contributed by atoms with Crippen molar-refractivity contribution in [1.29, 1.82) is 0 Å². The molecule has 3 rings (SSSR count). The fourth-order valence-corrected chi connectivity index (χ4v) is 3.26. The summed E-state index contributed by atoms with van der Waals surface area (Å²) in [5, 5.41) is 2.83. The molecule has 0 spiro atoms. The highest BCUT2D eigenvalue weighted by atomic mass is 16.5. The number of nitrogens with one attached hydrogen (secondary N) is 1. The van der Waals surface area contributed by atoms with Gasteiger partial charge in [0.15, 0.2) is 0 Å². The average Bonchev–Trinajstić information content (AvgIpc) is 2.77. The third-order valence-electron chi connectivity index (χ3n) is 5.11. The van der Waals surface area contributed by atoms with Crippen LogP contribution in [0, 0.1) is 0 Å². The van der Waals surface area contributed by atoms with E-state index in [1.165, 1.54) is 12.0 Å². The predicted octanol–water partition coefficient (Wildman–Crippen LogP) is 3.23. The molecule has 0 fully saturated rings. The number of nitrogens with zero attached hydrogens (tertiary/aromatic N) is 1. The average molecular weight is 408 g/mol. The van der Waals surface area contributed by atoms with E-state index >= 15 is 0 Å². The van der Waals surface area contributed by atoms with Gasteiger partial charge in [-0.3, -0.25) is 0 Å². The smallest absolute Gasteiger partial charge is 0.338 e. The third kappa shape index (κ3) is 4.51. The van der Waals surface area contributed by atoms with E-state index in [1.807, 2.05) is 30.3 Å². The summed E-state index contributed by atoms with van der Waals surface area (Å²) in [5.74, 6) is -0.946. The molecule has 0 saturated heterocycles. The minimum Gasteiger partial charge on any atom is -0.465 e. The van der Waals surface area contributed by atoms with Crippen molar-refractivity contribution in [3.8, 4) is 0 Å². The first-order valence-corrected chi connectivity index (χ1v) is 9.56. The van der Waals surface area contributed by atoms with Gasteiger partial charge in [0.25, 0.3) is 0 Å². The zero-order valence-corrected chi connectivity index (χ0v) is 17.2. The lowest BCUT2D eigenvalue weighted by molar-refractivity contribution is -0.139. The maximum absolute atomic E-state index is 12.9. The van der Waals surface area contributed by atoms with Crippen molar-refractivity contribution in [2.45, 2.75) is 19.4 Å². The zero-order chi connectivity index (χ0) is 21.7. The lowest BCUT2D eigenvalue weighted by Crippen LogP contribution is -2.46. The molecular formula is C23H24N2O5. The maximum Gasteiger partial charge on any atom is 0.338 e. The van der Waals surface area contributed by atoms with E-state index in [1.54, 1.807) is 38.2 Å². The molecule has 1 N–H and O–H groups in total. The van der Waals surface area contributed by atoms with Crippen LogP contribution < -0.4 is 5.32 Å². The van der Waals surface area contributed by atoms with Crippen LogP contribution in [-0.2, 0) is 20.7 Å². The first-order chi connectivity index (χ1) is 14.4. The highest BCUT2D eigenvalue weighted by Gasteiger charge is 2.35. The number of esters is 2. The Balaban J connectivity index is 1.81. The standard InChI is InChI=1S/C23H24N2O5/c1-15-19(22(27)30-14-13-16-7-5-4-6-8-16)20(24-23(28)25(15)2)17-9-11-18(12-10-17)21(26)29-3/h4-12,20H,13-14H2,1-3H3,(H,24,28). The molecule has 0 aromatic heterocycles.